The smallest absolute Gasteiger partial charge is 0.220 e. The minimum atomic E-state index is 0.110. The van der Waals surface area contributed by atoms with Crippen molar-refractivity contribution < 1.29 is 19.8 Å². The molecule has 4 saturated carbocycles. The molecule has 0 radical (unpaired) electrons. The lowest BCUT2D eigenvalue weighted by Gasteiger charge is -2.28. The highest BCUT2D eigenvalue weighted by Crippen LogP contribution is 2.46. The Morgan fingerprint density at radius 3 is 1.00 bits per heavy atom. The molecule has 0 aliphatic heterocycles. The molecule has 0 bridgehead atoms. The lowest BCUT2D eigenvalue weighted by Crippen LogP contribution is -2.25. The molecular formula is C48H72N2O4. The summed E-state index contributed by atoms with van der Waals surface area (Å²) >= 11 is 0. The number of phenols is 2. The summed E-state index contributed by atoms with van der Waals surface area (Å²) < 4.78 is 0. The van der Waals surface area contributed by atoms with Gasteiger partial charge in [-0.05, 0) is 134 Å². The van der Waals surface area contributed by atoms with Crippen LogP contribution in [0, 0.1) is 0 Å². The van der Waals surface area contributed by atoms with Gasteiger partial charge in [-0.3, -0.25) is 9.59 Å². The fourth-order valence-corrected chi connectivity index (χ4v) is 10.4. The van der Waals surface area contributed by atoms with Gasteiger partial charge in [-0.25, -0.2) is 0 Å². The summed E-state index contributed by atoms with van der Waals surface area (Å²) in [5.74, 6) is 3.14. The monoisotopic (exact) mass is 741 g/mol. The Morgan fingerprint density at radius 2 is 0.722 bits per heavy atom. The summed E-state index contributed by atoms with van der Waals surface area (Å²) in [6.07, 6.45) is 30.8. The zero-order valence-electron chi connectivity index (χ0n) is 33.5. The number of hydrogen-bond acceptors (Lipinski definition) is 4. The minimum absolute atomic E-state index is 0.110. The first kappa shape index (κ1) is 40.6. The summed E-state index contributed by atoms with van der Waals surface area (Å²) in [6, 6.07) is 8.88. The van der Waals surface area contributed by atoms with Crippen molar-refractivity contribution >= 4 is 11.8 Å². The number of phenolic OH excluding ortho intramolecular Hbond substituents is 2. The molecule has 54 heavy (non-hydrogen) atoms. The van der Waals surface area contributed by atoms with Crippen molar-refractivity contribution in [3.8, 4) is 11.5 Å². The normalized spacial score (nSPS) is 19.5. The summed E-state index contributed by atoms with van der Waals surface area (Å²) in [6.45, 7) is 1.39. The molecule has 4 fully saturated rings. The number of benzene rings is 2. The second-order valence-electron chi connectivity index (χ2n) is 17.7. The molecule has 6 nitrogen and oxygen atoms in total. The summed E-state index contributed by atoms with van der Waals surface area (Å²) in [7, 11) is 0. The van der Waals surface area contributed by atoms with Gasteiger partial charge in [0.1, 0.15) is 11.5 Å². The van der Waals surface area contributed by atoms with Crippen molar-refractivity contribution in [1.82, 2.24) is 10.6 Å². The molecule has 0 unspecified atom stereocenters. The number of rotatable bonds is 17. The predicted octanol–water partition coefficient (Wildman–Crippen LogP) is 11.6. The van der Waals surface area contributed by atoms with Gasteiger partial charge in [0.05, 0.1) is 0 Å². The van der Waals surface area contributed by atoms with Crippen LogP contribution in [0.3, 0.4) is 0 Å². The van der Waals surface area contributed by atoms with E-state index in [0.29, 0.717) is 61.1 Å². The standard InChI is InChI=1S/C48H72N2O4/c51-45(27-25-35-31-41(37-17-7-3-8-18-37)47(53)42(32-35)38-19-9-4-10-20-38)49-29-15-1-2-16-30-50-46(52)28-26-36-33-43(39-21-11-5-12-22-39)48(54)44(34-36)40-23-13-6-14-24-40/h31-34,37-40,53-54H,1-30H2,(H,49,51)(H,50,52). The van der Waals surface area contributed by atoms with E-state index in [0.717, 1.165) is 112 Å². The van der Waals surface area contributed by atoms with Crippen molar-refractivity contribution in [2.24, 2.45) is 0 Å². The summed E-state index contributed by atoms with van der Waals surface area (Å²) in [5.41, 5.74) is 7.01. The van der Waals surface area contributed by atoms with E-state index >= 15 is 0 Å². The Balaban J connectivity index is 0.878. The SMILES string of the molecule is O=C(CCc1cc(C2CCCCC2)c(O)c(C2CCCCC2)c1)NCCCCCCNC(=O)CCc1cc(C2CCCCC2)c(O)c(C2CCCCC2)c1. The maximum atomic E-state index is 12.8. The Labute approximate surface area is 327 Å². The molecule has 298 valence electrons. The number of unbranched alkanes of at least 4 members (excludes halogenated alkanes) is 3. The van der Waals surface area contributed by atoms with E-state index in [1.807, 2.05) is 0 Å². The lowest BCUT2D eigenvalue weighted by atomic mass is 9.78. The van der Waals surface area contributed by atoms with E-state index in [1.54, 1.807) is 0 Å². The molecule has 2 aromatic rings. The van der Waals surface area contributed by atoms with E-state index in [-0.39, 0.29) is 11.8 Å². The Kier molecular flexibility index (Phi) is 16.1. The van der Waals surface area contributed by atoms with Gasteiger partial charge < -0.3 is 20.8 Å². The number of carbonyl (C=O) groups excluding carboxylic acids is 2. The van der Waals surface area contributed by atoms with Crippen molar-refractivity contribution in [2.75, 3.05) is 13.1 Å². The van der Waals surface area contributed by atoms with Gasteiger partial charge in [0, 0.05) is 25.9 Å². The van der Waals surface area contributed by atoms with Gasteiger partial charge in [-0.15, -0.1) is 0 Å². The predicted molar refractivity (Wildman–Crippen MR) is 221 cm³/mol. The molecular weight excluding hydrogens is 669 g/mol. The summed E-state index contributed by atoms with van der Waals surface area (Å²) in [4.78, 5) is 25.7. The highest BCUT2D eigenvalue weighted by molar-refractivity contribution is 5.76. The van der Waals surface area contributed by atoms with Crippen molar-refractivity contribution in [3.05, 3.63) is 57.6 Å². The van der Waals surface area contributed by atoms with Crippen LogP contribution >= 0.6 is 0 Å². The maximum Gasteiger partial charge on any atom is 0.220 e. The molecule has 4 aliphatic carbocycles. The number of amides is 2. The third-order valence-electron chi connectivity index (χ3n) is 13.7. The van der Waals surface area contributed by atoms with Gasteiger partial charge in [0.15, 0.2) is 0 Å². The van der Waals surface area contributed by atoms with Gasteiger partial charge in [0.2, 0.25) is 11.8 Å². The molecule has 0 atom stereocenters. The van der Waals surface area contributed by atoms with E-state index < -0.39 is 0 Å². The highest BCUT2D eigenvalue weighted by atomic mass is 16.3. The van der Waals surface area contributed by atoms with E-state index in [4.69, 9.17) is 0 Å². The van der Waals surface area contributed by atoms with Crippen molar-refractivity contribution in [1.29, 1.82) is 0 Å². The molecule has 4 N–H and O–H groups in total. The third kappa shape index (κ3) is 11.7. The van der Waals surface area contributed by atoms with Crippen LogP contribution in [0.25, 0.3) is 0 Å². The first-order chi connectivity index (χ1) is 26.5. The fourth-order valence-electron chi connectivity index (χ4n) is 10.4. The second kappa shape index (κ2) is 21.3. The zero-order chi connectivity index (χ0) is 37.5. The zero-order valence-corrected chi connectivity index (χ0v) is 33.5. The van der Waals surface area contributed by atoms with Crippen LogP contribution in [-0.2, 0) is 22.4 Å². The van der Waals surface area contributed by atoms with Crippen LogP contribution in [0.1, 0.15) is 224 Å². The molecule has 4 aliphatic rings. The first-order valence-corrected chi connectivity index (χ1v) is 22.7. The van der Waals surface area contributed by atoms with Gasteiger partial charge in [-0.2, -0.15) is 0 Å². The average molecular weight is 741 g/mol. The van der Waals surface area contributed by atoms with Gasteiger partial charge in [0.25, 0.3) is 0 Å². The summed E-state index contributed by atoms with van der Waals surface area (Å²) in [5, 5.41) is 29.1. The number of aryl methyl sites for hydroxylation is 2. The van der Waals surface area contributed by atoms with Crippen LogP contribution < -0.4 is 10.6 Å². The number of carbonyl (C=O) groups is 2. The van der Waals surface area contributed by atoms with Crippen LogP contribution in [-0.4, -0.2) is 35.1 Å². The molecule has 0 aromatic heterocycles. The van der Waals surface area contributed by atoms with Gasteiger partial charge in [-0.1, -0.05) is 114 Å². The molecule has 0 saturated heterocycles. The number of hydrogen-bond donors (Lipinski definition) is 4. The lowest BCUT2D eigenvalue weighted by molar-refractivity contribution is -0.121. The molecule has 6 heteroatoms. The highest BCUT2D eigenvalue weighted by Gasteiger charge is 2.27. The van der Waals surface area contributed by atoms with E-state index in [9.17, 15) is 19.8 Å². The quantitative estimate of drug-likeness (QED) is 0.121. The van der Waals surface area contributed by atoms with Crippen molar-refractivity contribution in [2.45, 2.75) is 203 Å². The Hall–Kier alpha value is -3.02. The minimum Gasteiger partial charge on any atom is -0.507 e. The number of aromatic hydroxyl groups is 2. The van der Waals surface area contributed by atoms with Crippen LogP contribution in [0.4, 0.5) is 0 Å². The Morgan fingerprint density at radius 1 is 0.444 bits per heavy atom. The molecule has 0 spiro atoms. The first-order valence-electron chi connectivity index (χ1n) is 22.7. The maximum absolute atomic E-state index is 12.8. The topological polar surface area (TPSA) is 98.7 Å². The molecule has 2 aromatic carbocycles. The van der Waals surface area contributed by atoms with Gasteiger partial charge >= 0.3 is 0 Å². The average Bonchev–Trinajstić information content (AvgIpc) is 3.22. The van der Waals surface area contributed by atoms with E-state index in [1.165, 1.54) is 88.2 Å². The number of nitrogens with one attached hydrogen (secondary N) is 2. The molecule has 0 heterocycles. The largest absolute Gasteiger partial charge is 0.507 e. The van der Waals surface area contributed by atoms with E-state index in [2.05, 4.69) is 34.9 Å². The van der Waals surface area contributed by atoms with Crippen molar-refractivity contribution in [3.63, 3.8) is 0 Å². The molecule has 2 amide bonds. The van der Waals surface area contributed by atoms with Crippen LogP contribution in [0.5, 0.6) is 11.5 Å². The van der Waals surface area contributed by atoms with Crippen LogP contribution in [0.15, 0.2) is 24.3 Å². The second-order valence-corrected chi connectivity index (χ2v) is 17.7. The Bertz CT molecular complexity index is 1290. The fraction of sp³-hybridized carbons (Fsp3) is 0.708. The third-order valence-corrected chi connectivity index (χ3v) is 13.7. The molecule has 6 rings (SSSR count). The van der Waals surface area contributed by atoms with Crippen LogP contribution in [0.2, 0.25) is 0 Å².